The zero-order chi connectivity index (χ0) is 17.3. The van der Waals surface area contributed by atoms with Gasteiger partial charge in [-0.1, -0.05) is 30.3 Å². The van der Waals surface area contributed by atoms with Crippen LogP contribution in [0.5, 0.6) is 0 Å². The molecule has 1 spiro atoms. The maximum Gasteiger partial charge on any atom is 0.257 e. The summed E-state index contributed by atoms with van der Waals surface area (Å²) in [7, 11) is 0. The highest BCUT2D eigenvalue weighted by molar-refractivity contribution is 5.94. The van der Waals surface area contributed by atoms with Gasteiger partial charge in [0, 0.05) is 32.5 Å². The Morgan fingerprint density at radius 2 is 1.92 bits per heavy atom. The Balaban J connectivity index is 1.46. The predicted octanol–water partition coefficient (Wildman–Crippen LogP) is 1.84. The first kappa shape index (κ1) is 15.9. The summed E-state index contributed by atoms with van der Waals surface area (Å²) in [6, 6.07) is 11.9. The van der Waals surface area contributed by atoms with Gasteiger partial charge in [-0.3, -0.25) is 14.5 Å². The van der Waals surface area contributed by atoms with E-state index in [1.54, 1.807) is 6.07 Å². The van der Waals surface area contributed by atoms with E-state index in [9.17, 15) is 9.59 Å². The van der Waals surface area contributed by atoms with Gasteiger partial charge in [0.25, 0.3) is 5.91 Å². The minimum absolute atomic E-state index is 0.0115. The SMILES string of the molecule is O=C1CN(Cc2ccccc2)C2(CCN(C(=O)c3ccoc3)CC2)N1. The van der Waals surface area contributed by atoms with Gasteiger partial charge in [-0.2, -0.15) is 0 Å². The van der Waals surface area contributed by atoms with E-state index in [0.29, 0.717) is 25.2 Å². The number of rotatable bonds is 3. The van der Waals surface area contributed by atoms with Crippen molar-refractivity contribution in [3.8, 4) is 0 Å². The summed E-state index contributed by atoms with van der Waals surface area (Å²) in [5.41, 5.74) is 1.42. The van der Waals surface area contributed by atoms with E-state index in [0.717, 1.165) is 19.4 Å². The molecule has 0 atom stereocenters. The minimum Gasteiger partial charge on any atom is -0.472 e. The van der Waals surface area contributed by atoms with Crippen LogP contribution in [0.25, 0.3) is 0 Å². The third-order valence-corrected chi connectivity index (χ3v) is 5.17. The molecule has 130 valence electrons. The molecule has 1 aromatic carbocycles. The highest BCUT2D eigenvalue weighted by Crippen LogP contribution is 2.32. The molecular formula is C19H21N3O3. The first-order valence-electron chi connectivity index (χ1n) is 8.58. The Kier molecular flexibility index (Phi) is 4.05. The van der Waals surface area contributed by atoms with Gasteiger partial charge in [-0.05, 0) is 11.6 Å². The monoisotopic (exact) mass is 339 g/mol. The van der Waals surface area contributed by atoms with E-state index in [1.165, 1.54) is 18.1 Å². The van der Waals surface area contributed by atoms with Crippen LogP contribution in [0.1, 0.15) is 28.8 Å². The normalized spacial score (nSPS) is 20.0. The van der Waals surface area contributed by atoms with Crippen molar-refractivity contribution in [1.82, 2.24) is 15.1 Å². The molecule has 0 saturated carbocycles. The number of carbonyl (C=O) groups is 2. The summed E-state index contributed by atoms with van der Waals surface area (Å²) < 4.78 is 5.00. The zero-order valence-corrected chi connectivity index (χ0v) is 14.0. The molecule has 3 heterocycles. The maximum absolute atomic E-state index is 12.5. The Bertz CT molecular complexity index is 749. The lowest BCUT2D eigenvalue weighted by molar-refractivity contribution is -0.119. The lowest BCUT2D eigenvalue weighted by atomic mass is 9.95. The van der Waals surface area contributed by atoms with Gasteiger partial charge in [0.15, 0.2) is 0 Å². The van der Waals surface area contributed by atoms with Gasteiger partial charge < -0.3 is 14.6 Å². The summed E-state index contributed by atoms with van der Waals surface area (Å²) in [5, 5.41) is 3.16. The van der Waals surface area contributed by atoms with Crippen LogP contribution in [0.4, 0.5) is 0 Å². The smallest absolute Gasteiger partial charge is 0.257 e. The van der Waals surface area contributed by atoms with Gasteiger partial charge in [-0.15, -0.1) is 0 Å². The molecule has 0 aliphatic carbocycles. The highest BCUT2D eigenvalue weighted by atomic mass is 16.3. The fourth-order valence-electron chi connectivity index (χ4n) is 3.80. The number of nitrogens with one attached hydrogen (secondary N) is 1. The second kappa shape index (κ2) is 6.37. The quantitative estimate of drug-likeness (QED) is 0.927. The van der Waals surface area contributed by atoms with Crippen LogP contribution < -0.4 is 5.32 Å². The number of likely N-dealkylation sites (tertiary alicyclic amines) is 1. The lowest BCUT2D eigenvalue weighted by Gasteiger charge is -2.44. The molecule has 2 aromatic rings. The molecule has 6 nitrogen and oxygen atoms in total. The van der Waals surface area contributed by atoms with Crippen LogP contribution in [0.3, 0.4) is 0 Å². The number of hydrogen-bond acceptors (Lipinski definition) is 4. The number of amides is 2. The number of carbonyl (C=O) groups excluding carboxylic acids is 2. The van der Waals surface area contributed by atoms with Crippen LogP contribution in [-0.4, -0.2) is 46.9 Å². The Hall–Kier alpha value is -2.60. The number of benzene rings is 1. The third kappa shape index (κ3) is 3.05. The van der Waals surface area contributed by atoms with Gasteiger partial charge in [0.2, 0.25) is 5.91 Å². The lowest BCUT2D eigenvalue weighted by Crippen LogP contribution is -2.58. The van der Waals surface area contributed by atoms with E-state index in [4.69, 9.17) is 4.42 Å². The molecule has 2 aliphatic heterocycles. The molecular weight excluding hydrogens is 318 g/mol. The maximum atomic E-state index is 12.5. The third-order valence-electron chi connectivity index (χ3n) is 5.17. The summed E-state index contributed by atoms with van der Waals surface area (Å²) >= 11 is 0. The van der Waals surface area contributed by atoms with E-state index in [2.05, 4.69) is 22.3 Å². The standard InChI is InChI=1S/C19H21N3O3/c23-17-13-22(12-15-4-2-1-3-5-15)19(20-17)7-9-21(10-8-19)18(24)16-6-11-25-14-16/h1-6,11,14H,7-10,12-13H2,(H,20,23). The number of hydrogen-bond donors (Lipinski definition) is 1. The zero-order valence-electron chi connectivity index (χ0n) is 14.0. The average molecular weight is 339 g/mol. The van der Waals surface area contributed by atoms with E-state index >= 15 is 0 Å². The Labute approximate surface area is 146 Å². The first-order valence-corrected chi connectivity index (χ1v) is 8.58. The number of furan rings is 1. The van der Waals surface area contributed by atoms with Crippen molar-refractivity contribution >= 4 is 11.8 Å². The molecule has 0 bridgehead atoms. The molecule has 2 amide bonds. The van der Waals surface area contributed by atoms with Gasteiger partial charge in [0.05, 0.1) is 24.0 Å². The van der Waals surface area contributed by atoms with Crippen molar-refractivity contribution in [3.05, 3.63) is 60.1 Å². The van der Waals surface area contributed by atoms with Crippen LogP contribution in [0.15, 0.2) is 53.3 Å². The van der Waals surface area contributed by atoms with Crippen molar-refractivity contribution in [2.24, 2.45) is 0 Å². The molecule has 6 heteroatoms. The van der Waals surface area contributed by atoms with Crippen LogP contribution in [0.2, 0.25) is 0 Å². The van der Waals surface area contributed by atoms with E-state index in [1.807, 2.05) is 23.1 Å². The number of piperidine rings is 1. The van der Waals surface area contributed by atoms with Gasteiger partial charge in [-0.25, -0.2) is 0 Å². The van der Waals surface area contributed by atoms with Crippen molar-refractivity contribution < 1.29 is 14.0 Å². The molecule has 2 aliphatic rings. The Morgan fingerprint density at radius 1 is 1.16 bits per heavy atom. The van der Waals surface area contributed by atoms with E-state index < -0.39 is 0 Å². The second-order valence-electron chi connectivity index (χ2n) is 6.73. The summed E-state index contributed by atoms with van der Waals surface area (Å²) in [5.74, 6) is 0.0491. The molecule has 0 radical (unpaired) electrons. The summed E-state index contributed by atoms with van der Waals surface area (Å²) in [6.45, 7) is 2.38. The first-order chi connectivity index (χ1) is 12.2. The largest absolute Gasteiger partial charge is 0.472 e. The highest BCUT2D eigenvalue weighted by Gasteiger charge is 2.46. The van der Waals surface area contributed by atoms with Gasteiger partial charge >= 0.3 is 0 Å². The topological polar surface area (TPSA) is 65.8 Å². The minimum atomic E-state index is -0.347. The van der Waals surface area contributed by atoms with Crippen molar-refractivity contribution in [3.63, 3.8) is 0 Å². The molecule has 25 heavy (non-hydrogen) atoms. The summed E-state index contributed by atoms with van der Waals surface area (Å²) in [4.78, 5) is 28.6. The van der Waals surface area contributed by atoms with E-state index in [-0.39, 0.29) is 17.5 Å². The summed E-state index contributed by atoms with van der Waals surface area (Å²) in [6.07, 6.45) is 4.45. The second-order valence-corrected chi connectivity index (χ2v) is 6.73. The van der Waals surface area contributed by atoms with Crippen LogP contribution in [0, 0.1) is 0 Å². The van der Waals surface area contributed by atoms with Crippen LogP contribution >= 0.6 is 0 Å². The van der Waals surface area contributed by atoms with Crippen LogP contribution in [-0.2, 0) is 11.3 Å². The molecule has 1 aromatic heterocycles. The van der Waals surface area contributed by atoms with Crippen molar-refractivity contribution in [2.45, 2.75) is 25.0 Å². The predicted molar refractivity (Wildman–Crippen MR) is 91.6 cm³/mol. The fraction of sp³-hybridized carbons (Fsp3) is 0.368. The fourth-order valence-corrected chi connectivity index (χ4v) is 3.80. The number of nitrogens with zero attached hydrogens (tertiary/aromatic N) is 2. The van der Waals surface area contributed by atoms with Crippen molar-refractivity contribution in [1.29, 1.82) is 0 Å². The molecule has 4 rings (SSSR count). The molecule has 2 fully saturated rings. The van der Waals surface area contributed by atoms with Crippen molar-refractivity contribution in [2.75, 3.05) is 19.6 Å². The van der Waals surface area contributed by atoms with Gasteiger partial charge in [0.1, 0.15) is 6.26 Å². The molecule has 0 unspecified atom stereocenters. The average Bonchev–Trinajstić information content (AvgIpc) is 3.25. The molecule has 1 N–H and O–H groups in total. The Morgan fingerprint density at radius 3 is 2.60 bits per heavy atom. The molecule has 2 saturated heterocycles.